The number of aromatic nitrogens is 2. The van der Waals surface area contributed by atoms with Gasteiger partial charge in [-0.15, -0.1) is 0 Å². The van der Waals surface area contributed by atoms with Crippen molar-refractivity contribution in [3.8, 4) is 0 Å². The summed E-state index contributed by atoms with van der Waals surface area (Å²) in [5, 5.41) is 4.92. The fourth-order valence-electron chi connectivity index (χ4n) is 0.911. The van der Waals surface area contributed by atoms with Crippen molar-refractivity contribution in [2.75, 3.05) is 5.33 Å². The molecular weight excluding hydrogens is 220 g/mol. The third-order valence-corrected chi connectivity index (χ3v) is 2.10. The molecule has 66 valence electrons. The van der Waals surface area contributed by atoms with Crippen LogP contribution in [0, 0.1) is 0 Å². The molecule has 12 heavy (non-hydrogen) atoms. The Labute approximate surface area is 79.5 Å². The monoisotopic (exact) mass is 230 g/mol. The summed E-state index contributed by atoms with van der Waals surface area (Å²) >= 11 is 3.33. The lowest BCUT2D eigenvalue weighted by Gasteiger charge is -2.00. The van der Waals surface area contributed by atoms with Gasteiger partial charge in [-0.2, -0.15) is 5.10 Å². The zero-order valence-corrected chi connectivity index (χ0v) is 8.33. The van der Waals surface area contributed by atoms with E-state index in [1.165, 1.54) is 10.7 Å². The minimum Gasteiger partial charge on any atom is -0.268 e. The highest BCUT2D eigenvalue weighted by molar-refractivity contribution is 9.09. The molecule has 0 aliphatic rings. The summed E-state index contributed by atoms with van der Waals surface area (Å²) in [7, 11) is 0. The first-order chi connectivity index (χ1) is 5.84. The number of nitrogens with zero attached hydrogens (tertiary/aromatic N) is 2. The molecule has 1 aromatic heterocycles. The van der Waals surface area contributed by atoms with Crippen molar-refractivity contribution in [3.05, 3.63) is 28.7 Å². The van der Waals surface area contributed by atoms with Gasteiger partial charge in [0.15, 0.2) is 0 Å². The molecule has 0 atom stereocenters. The molecular formula is C8H11BrN2O. The molecule has 0 N–H and O–H groups in total. The van der Waals surface area contributed by atoms with Crippen molar-refractivity contribution in [1.29, 1.82) is 0 Å². The summed E-state index contributed by atoms with van der Waals surface area (Å²) in [6, 6.07) is 3.18. The molecule has 1 aromatic rings. The lowest BCUT2D eigenvalue weighted by atomic mass is 10.3. The molecule has 3 nitrogen and oxygen atoms in total. The zero-order valence-electron chi connectivity index (χ0n) is 6.74. The molecule has 0 saturated carbocycles. The highest BCUT2D eigenvalue weighted by Gasteiger charge is 1.93. The van der Waals surface area contributed by atoms with Crippen molar-refractivity contribution in [2.45, 2.75) is 19.4 Å². The summed E-state index contributed by atoms with van der Waals surface area (Å²) in [4.78, 5) is 11.1. The number of hydrogen-bond acceptors (Lipinski definition) is 2. The maximum atomic E-state index is 11.1. The Bertz CT molecular complexity index is 284. The van der Waals surface area contributed by atoms with Crippen LogP contribution in [0.2, 0.25) is 0 Å². The highest BCUT2D eigenvalue weighted by Crippen LogP contribution is 1.94. The second-order valence-corrected chi connectivity index (χ2v) is 3.27. The summed E-state index contributed by atoms with van der Waals surface area (Å²) < 4.78 is 1.49. The Hall–Kier alpha value is -0.640. The Morgan fingerprint density at radius 2 is 2.33 bits per heavy atom. The van der Waals surface area contributed by atoms with E-state index in [1.54, 1.807) is 12.3 Å². The first-order valence-corrected chi connectivity index (χ1v) is 5.05. The van der Waals surface area contributed by atoms with E-state index >= 15 is 0 Å². The first-order valence-electron chi connectivity index (χ1n) is 3.92. The average molecular weight is 231 g/mol. The SMILES string of the molecule is O=c1cccnn1CCCCBr. The molecule has 0 amide bonds. The molecule has 0 bridgehead atoms. The maximum Gasteiger partial charge on any atom is 0.266 e. The molecule has 0 aromatic carbocycles. The van der Waals surface area contributed by atoms with E-state index in [0.29, 0.717) is 6.54 Å². The molecule has 0 aliphatic carbocycles. The van der Waals surface area contributed by atoms with Gasteiger partial charge in [0.1, 0.15) is 0 Å². The van der Waals surface area contributed by atoms with E-state index in [0.717, 1.165) is 18.2 Å². The Morgan fingerprint density at radius 1 is 1.50 bits per heavy atom. The predicted molar refractivity (Wildman–Crippen MR) is 51.5 cm³/mol. The van der Waals surface area contributed by atoms with Crippen molar-refractivity contribution < 1.29 is 0 Å². The van der Waals surface area contributed by atoms with Gasteiger partial charge in [-0.05, 0) is 18.9 Å². The van der Waals surface area contributed by atoms with Crippen LogP contribution in [0.1, 0.15) is 12.8 Å². The molecule has 1 rings (SSSR count). The van der Waals surface area contributed by atoms with Gasteiger partial charge >= 0.3 is 0 Å². The Kier molecular flexibility index (Phi) is 4.00. The molecule has 0 aliphatic heterocycles. The lowest BCUT2D eigenvalue weighted by Crippen LogP contribution is -2.21. The van der Waals surface area contributed by atoms with Gasteiger partial charge < -0.3 is 0 Å². The minimum absolute atomic E-state index is 0.0212. The third-order valence-electron chi connectivity index (χ3n) is 1.54. The van der Waals surface area contributed by atoms with E-state index in [4.69, 9.17) is 0 Å². The van der Waals surface area contributed by atoms with Crippen LogP contribution in [0.5, 0.6) is 0 Å². The van der Waals surface area contributed by atoms with Gasteiger partial charge in [0, 0.05) is 24.1 Å². The smallest absolute Gasteiger partial charge is 0.266 e. The van der Waals surface area contributed by atoms with Gasteiger partial charge in [-0.25, -0.2) is 4.68 Å². The normalized spacial score (nSPS) is 10.1. The minimum atomic E-state index is -0.0212. The number of unbranched alkanes of at least 4 members (excludes halogenated alkanes) is 1. The van der Waals surface area contributed by atoms with Crippen LogP contribution < -0.4 is 5.56 Å². The zero-order chi connectivity index (χ0) is 8.81. The van der Waals surface area contributed by atoms with E-state index < -0.39 is 0 Å². The Morgan fingerprint density at radius 3 is 3.00 bits per heavy atom. The molecule has 0 radical (unpaired) electrons. The quantitative estimate of drug-likeness (QED) is 0.580. The summed E-state index contributed by atoms with van der Waals surface area (Å²) in [6.07, 6.45) is 3.70. The van der Waals surface area contributed by atoms with Gasteiger partial charge in [0.2, 0.25) is 0 Å². The van der Waals surface area contributed by atoms with Crippen LogP contribution in [-0.4, -0.2) is 15.1 Å². The highest BCUT2D eigenvalue weighted by atomic mass is 79.9. The number of alkyl halides is 1. The van der Waals surface area contributed by atoms with Crippen molar-refractivity contribution in [3.63, 3.8) is 0 Å². The Balaban J connectivity index is 2.52. The third kappa shape index (κ3) is 2.77. The van der Waals surface area contributed by atoms with Crippen molar-refractivity contribution in [2.24, 2.45) is 0 Å². The predicted octanol–water partition coefficient (Wildman–Crippen LogP) is 1.42. The molecule has 0 spiro atoms. The first kappa shape index (κ1) is 9.45. The molecule has 0 saturated heterocycles. The van der Waals surface area contributed by atoms with Gasteiger partial charge in [-0.3, -0.25) is 4.79 Å². The van der Waals surface area contributed by atoms with Crippen molar-refractivity contribution >= 4 is 15.9 Å². The van der Waals surface area contributed by atoms with Crippen LogP contribution in [0.15, 0.2) is 23.1 Å². The number of hydrogen-bond donors (Lipinski definition) is 0. The van der Waals surface area contributed by atoms with E-state index in [9.17, 15) is 4.79 Å². The van der Waals surface area contributed by atoms with E-state index in [2.05, 4.69) is 21.0 Å². The molecule has 0 fully saturated rings. The van der Waals surface area contributed by atoms with E-state index in [-0.39, 0.29) is 5.56 Å². The maximum absolute atomic E-state index is 11.1. The second kappa shape index (κ2) is 5.09. The molecule has 4 heteroatoms. The molecule has 1 heterocycles. The number of halogens is 1. The van der Waals surface area contributed by atoms with Crippen LogP contribution in [-0.2, 0) is 6.54 Å². The topological polar surface area (TPSA) is 34.9 Å². The standard InChI is InChI=1S/C8H11BrN2O/c9-5-1-2-7-11-8(12)4-3-6-10-11/h3-4,6H,1-2,5,7H2. The average Bonchev–Trinajstić information content (AvgIpc) is 2.09. The lowest BCUT2D eigenvalue weighted by molar-refractivity contribution is 0.545. The summed E-state index contributed by atoms with van der Waals surface area (Å²) in [5.74, 6) is 0. The molecule has 0 unspecified atom stereocenters. The van der Waals surface area contributed by atoms with Crippen molar-refractivity contribution in [1.82, 2.24) is 9.78 Å². The number of aryl methyl sites for hydroxylation is 1. The van der Waals surface area contributed by atoms with Crippen LogP contribution in [0.4, 0.5) is 0 Å². The van der Waals surface area contributed by atoms with Gasteiger partial charge in [0.05, 0.1) is 0 Å². The van der Waals surface area contributed by atoms with Crippen LogP contribution in [0.25, 0.3) is 0 Å². The van der Waals surface area contributed by atoms with E-state index in [1.807, 2.05) is 0 Å². The largest absolute Gasteiger partial charge is 0.268 e. The van der Waals surface area contributed by atoms with Crippen LogP contribution >= 0.6 is 15.9 Å². The fourth-order valence-corrected chi connectivity index (χ4v) is 1.31. The van der Waals surface area contributed by atoms with Gasteiger partial charge in [-0.1, -0.05) is 15.9 Å². The summed E-state index contributed by atoms with van der Waals surface area (Å²) in [6.45, 7) is 0.714. The number of rotatable bonds is 4. The summed E-state index contributed by atoms with van der Waals surface area (Å²) in [5.41, 5.74) is -0.0212. The second-order valence-electron chi connectivity index (χ2n) is 2.48. The van der Waals surface area contributed by atoms with Gasteiger partial charge in [0.25, 0.3) is 5.56 Å². The van der Waals surface area contributed by atoms with Crippen LogP contribution in [0.3, 0.4) is 0 Å². The fraction of sp³-hybridized carbons (Fsp3) is 0.500.